The Morgan fingerprint density at radius 1 is 1.54 bits per heavy atom. The van der Waals surface area contributed by atoms with Gasteiger partial charge in [-0.15, -0.1) is 0 Å². The summed E-state index contributed by atoms with van der Waals surface area (Å²) in [7, 11) is 2.00. The normalized spacial score (nSPS) is 13.2. The standard InChI is InChI=1S/C10H17BrN2/c1-9(11)5-3-4-6-10-7-8-12-13(10)2/h7-9H,3-6H2,1-2H3. The minimum Gasteiger partial charge on any atom is -0.273 e. The van der Waals surface area contributed by atoms with Crippen LogP contribution in [0, 0.1) is 0 Å². The second-order valence-corrected chi connectivity index (χ2v) is 5.04. The van der Waals surface area contributed by atoms with E-state index in [-0.39, 0.29) is 0 Å². The van der Waals surface area contributed by atoms with E-state index in [1.807, 2.05) is 17.9 Å². The summed E-state index contributed by atoms with van der Waals surface area (Å²) in [5, 5.41) is 4.14. The summed E-state index contributed by atoms with van der Waals surface area (Å²) in [4.78, 5) is 0.652. The summed E-state index contributed by atoms with van der Waals surface area (Å²) < 4.78 is 1.96. The average Bonchev–Trinajstić information content (AvgIpc) is 2.45. The van der Waals surface area contributed by atoms with E-state index in [9.17, 15) is 0 Å². The van der Waals surface area contributed by atoms with Gasteiger partial charge in [0.2, 0.25) is 0 Å². The van der Waals surface area contributed by atoms with Crippen LogP contribution in [-0.4, -0.2) is 14.6 Å². The van der Waals surface area contributed by atoms with Crippen LogP contribution in [0.2, 0.25) is 0 Å². The van der Waals surface area contributed by atoms with Crippen molar-refractivity contribution in [1.82, 2.24) is 9.78 Å². The van der Waals surface area contributed by atoms with Crippen molar-refractivity contribution in [1.29, 1.82) is 0 Å². The molecule has 0 bridgehead atoms. The molecule has 0 aliphatic heterocycles. The van der Waals surface area contributed by atoms with Crippen LogP contribution in [-0.2, 0) is 13.5 Å². The second-order valence-electron chi connectivity index (χ2n) is 3.47. The van der Waals surface area contributed by atoms with Crippen LogP contribution >= 0.6 is 15.9 Å². The Morgan fingerprint density at radius 2 is 2.31 bits per heavy atom. The summed E-state index contributed by atoms with van der Waals surface area (Å²) in [6, 6.07) is 2.09. The van der Waals surface area contributed by atoms with Gasteiger partial charge in [0.1, 0.15) is 0 Å². The predicted octanol–water partition coefficient (Wildman–Crippen LogP) is 2.92. The molecule has 0 spiro atoms. The van der Waals surface area contributed by atoms with E-state index < -0.39 is 0 Å². The number of aromatic nitrogens is 2. The fourth-order valence-corrected chi connectivity index (χ4v) is 1.70. The summed E-state index contributed by atoms with van der Waals surface area (Å²) in [5.74, 6) is 0. The Labute approximate surface area is 88.5 Å². The minimum absolute atomic E-state index is 0.652. The van der Waals surface area contributed by atoms with Gasteiger partial charge in [-0.1, -0.05) is 29.3 Å². The monoisotopic (exact) mass is 244 g/mol. The number of nitrogens with zero attached hydrogens (tertiary/aromatic N) is 2. The summed E-state index contributed by atoms with van der Waals surface area (Å²) in [6.07, 6.45) is 6.82. The van der Waals surface area contributed by atoms with Crippen LogP contribution in [0.1, 0.15) is 31.9 Å². The molecule has 1 heterocycles. The number of alkyl halides is 1. The zero-order valence-corrected chi connectivity index (χ0v) is 9.92. The molecule has 0 saturated carbocycles. The molecule has 0 fully saturated rings. The van der Waals surface area contributed by atoms with Gasteiger partial charge < -0.3 is 0 Å². The lowest BCUT2D eigenvalue weighted by molar-refractivity contribution is 0.637. The van der Waals surface area contributed by atoms with Gasteiger partial charge in [-0.3, -0.25) is 4.68 Å². The highest BCUT2D eigenvalue weighted by molar-refractivity contribution is 9.09. The van der Waals surface area contributed by atoms with Crippen molar-refractivity contribution < 1.29 is 0 Å². The number of halogens is 1. The Kier molecular flexibility index (Phi) is 4.50. The van der Waals surface area contributed by atoms with E-state index in [0.29, 0.717) is 4.83 Å². The minimum atomic E-state index is 0.652. The first-order valence-corrected chi connectivity index (χ1v) is 5.72. The highest BCUT2D eigenvalue weighted by Gasteiger charge is 1.99. The molecule has 74 valence electrons. The predicted molar refractivity (Wildman–Crippen MR) is 59.2 cm³/mol. The van der Waals surface area contributed by atoms with Gasteiger partial charge in [0, 0.05) is 23.8 Å². The molecular formula is C10H17BrN2. The number of hydrogen-bond donors (Lipinski definition) is 0. The fourth-order valence-electron chi connectivity index (χ4n) is 1.38. The van der Waals surface area contributed by atoms with Crippen LogP contribution in [0.5, 0.6) is 0 Å². The quantitative estimate of drug-likeness (QED) is 0.576. The number of hydrogen-bond acceptors (Lipinski definition) is 1. The zero-order chi connectivity index (χ0) is 9.68. The highest BCUT2D eigenvalue weighted by atomic mass is 79.9. The van der Waals surface area contributed by atoms with Crippen molar-refractivity contribution in [2.45, 2.75) is 37.4 Å². The Bertz CT molecular complexity index is 243. The summed E-state index contributed by atoms with van der Waals surface area (Å²) >= 11 is 3.55. The molecule has 0 aliphatic rings. The van der Waals surface area contributed by atoms with Gasteiger partial charge in [-0.2, -0.15) is 5.10 Å². The molecule has 3 heteroatoms. The second kappa shape index (κ2) is 5.43. The lowest BCUT2D eigenvalue weighted by Crippen LogP contribution is -1.98. The largest absolute Gasteiger partial charge is 0.273 e. The van der Waals surface area contributed by atoms with Crippen LogP contribution in [0.15, 0.2) is 12.3 Å². The fraction of sp³-hybridized carbons (Fsp3) is 0.700. The lowest BCUT2D eigenvalue weighted by atomic mass is 10.1. The van der Waals surface area contributed by atoms with Crippen LogP contribution < -0.4 is 0 Å². The van der Waals surface area contributed by atoms with Gasteiger partial charge in [0.15, 0.2) is 0 Å². The van der Waals surface area contributed by atoms with Crippen LogP contribution in [0.3, 0.4) is 0 Å². The van der Waals surface area contributed by atoms with Crippen LogP contribution in [0.4, 0.5) is 0 Å². The average molecular weight is 245 g/mol. The van der Waals surface area contributed by atoms with E-state index in [0.717, 1.165) is 6.42 Å². The molecule has 0 amide bonds. The third-order valence-electron chi connectivity index (χ3n) is 2.21. The summed E-state index contributed by atoms with van der Waals surface area (Å²) in [5.41, 5.74) is 1.34. The van der Waals surface area contributed by atoms with Crippen molar-refractivity contribution in [3.05, 3.63) is 18.0 Å². The third kappa shape index (κ3) is 3.94. The molecule has 0 saturated heterocycles. The lowest BCUT2D eigenvalue weighted by Gasteiger charge is -2.03. The molecule has 1 aromatic heterocycles. The van der Waals surface area contributed by atoms with E-state index >= 15 is 0 Å². The summed E-state index contributed by atoms with van der Waals surface area (Å²) in [6.45, 7) is 2.20. The van der Waals surface area contributed by atoms with Crippen molar-refractivity contribution in [3.8, 4) is 0 Å². The van der Waals surface area contributed by atoms with E-state index in [1.165, 1.54) is 25.0 Å². The first-order valence-electron chi connectivity index (χ1n) is 4.81. The first kappa shape index (κ1) is 10.8. The van der Waals surface area contributed by atoms with Gasteiger partial charge in [-0.25, -0.2) is 0 Å². The van der Waals surface area contributed by atoms with Gasteiger partial charge in [0.05, 0.1) is 0 Å². The molecular weight excluding hydrogens is 228 g/mol. The molecule has 13 heavy (non-hydrogen) atoms. The molecule has 1 aromatic rings. The maximum atomic E-state index is 4.14. The van der Waals surface area contributed by atoms with E-state index in [1.54, 1.807) is 0 Å². The van der Waals surface area contributed by atoms with Gasteiger partial charge in [-0.05, 0) is 25.3 Å². The molecule has 0 aliphatic carbocycles. The Balaban J connectivity index is 2.17. The number of unbranched alkanes of at least 4 members (excludes halogenated alkanes) is 1. The highest BCUT2D eigenvalue weighted by Crippen LogP contribution is 2.11. The molecule has 1 unspecified atom stereocenters. The van der Waals surface area contributed by atoms with Gasteiger partial charge in [0.25, 0.3) is 0 Å². The molecule has 1 atom stereocenters. The zero-order valence-electron chi connectivity index (χ0n) is 8.33. The van der Waals surface area contributed by atoms with Crippen LogP contribution in [0.25, 0.3) is 0 Å². The van der Waals surface area contributed by atoms with Crippen molar-refractivity contribution >= 4 is 15.9 Å². The van der Waals surface area contributed by atoms with E-state index in [2.05, 4.69) is 34.0 Å². The maximum absolute atomic E-state index is 4.14. The van der Waals surface area contributed by atoms with Crippen molar-refractivity contribution in [2.24, 2.45) is 7.05 Å². The SMILES string of the molecule is CC(Br)CCCCc1ccnn1C. The van der Waals surface area contributed by atoms with Crippen molar-refractivity contribution in [2.75, 3.05) is 0 Å². The van der Waals surface area contributed by atoms with Gasteiger partial charge >= 0.3 is 0 Å². The Hall–Kier alpha value is -0.310. The number of aryl methyl sites for hydroxylation is 2. The maximum Gasteiger partial charge on any atom is 0.0492 e. The molecule has 0 aromatic carbocycles. The molecule has 0 radical (unpaired) electrons. The number of rotatable bonds is 5. The molecule has 0 N–H and O–H groups in total. The molecule has 1 rings (SSSR count). The van der Waals surface area contributed by atoms with Crippen molar-refractivity contribution in [3.63, 3.8) is 0 Å². The Morgan fingerprint density at radius 3 is 2.85 bits per heavy atom. The third-order valence-corrected chi connectivity index (χ3v) is 2.67. The van der Waals surface area contributed by atoms with E-state index in [4.69, 9.17) is 0 Å². The topological polar surface area (TPSA) is 17.8 Å². The first-order chi connectivity index (χ1) is 6.20. The smallest absolute Gasteiger partial charge is 0.0492 e. The molecule has 2 nitrogen and oxygen atoms in total.